The minimum atomic E-state index is -0.242. The number of carbonyl (C=O) groups excluding carboxylic acids is 1. The van der Waals surface area contributed by atoms with Gasteiger partial charge in [0, 0.05) is 25.6 Å². The highest BCUT2D eigenvalue weighted by molar-refractivity contribution is 5.76. The van der Waals surface area contributed by atoms with Crippen LogP contribution >= 0.6 is 0 Å². The number of aromatic nitrogens is 2. The Morgan fingerprint density at radius 2 is 2.46 bits per heavy atom. The van der Waals surface area contributed by atoms with Gasteiger partial charge in [0.1, 0.15) is 0 Å². The molecule has 1 aromatic heterocycles. The number of amides is 1. The first kappa shape index (κ1) is 9.77. The number of carbonyl (C=O) groups is 1. The van der Waals surface area contributed by atoms with Crippen molar-refractivity contribution in [1.82, 2.24) is 9.55 Å². The topological polar surface area (TPSA) is 60.9 Å². The fraction of sp³-hybridized carbons (Fsp3) is 0.556. The molecule has 13 heavy (non-hydrogen) atoms. The molecule has 72 valence electrons. The maximum absolute atomic E-state index is 10.9. The molecule has 4 heteroatoms. The Kier molecular flexibility index (Phi) is 3.06. The Balaban J connectivity index is 2.61. The molecule has 0 saturated carbocycles. The second kappa shape index (κ2) is 4.07. The van der Waals surface area contributed by atoms with E-state index in [2.05, 4.69) is 4.98 Å². The van der Waals surface area contributed by atoms with Crippen LogP contribution in [0.4, 0.5) is 0 Å². The molecule has 1 heterocycles. The third-order valence-corrected chi connectivity index (χ3v) is 2.11. The molecule has 0 aromatic carbocycles. The van der Waals surface area contributed by atoms with E-state index < -0.39 is 0 Å². The lowest BCUT2D eigenvalue weighted by atomic mass is 10.0. The number of imidazole rings is 1. The molecule has 0 bridgehead atoms. The summed E-state index contributed by atoms with van der Waals surface area (Å²) < 4.78 is 1.86. The van der Waals surface area contributed by atoms with E-state index in [1.807, 2.05) is 24.7 Å². The van der Waals surface area contributed by atoms with E-state index in [0.29, 0.717) is 6.42 Å². The minimum Gasteiger partial charge on any atom is -0.369 e. The lowest BCUT2D eigenvalue weighted by molar-refractivity contribution is -0.121. The normalized spacial score (nSPS) is 12.8. The summed E-state index contributed by atoms with van der Waals surface area (Å²) in [6.45, 7) is 1.96. The summed E-state index contributed by atoms with van der Waals surface area (Å²) in [5, 5.41) is 0. The second-order valence-corrected chi connectivity index (χ2v) is 3.24. The van der Waals surface area contributed by atoms with Gasteiger partial charge in [-0.3, -0.25) is 4.79 Å². The number of rotatable bonds is 4. The van der Waals surface area contributed by atoms with Crippen LogP contribution in [-0.4, -0.2) is 15.5 Å². The summed E-state index contributed by atoms with van der Waals surface area (Å²) in [4.78, 5) is 15.1. The monoisotopic (exact) mass is 181 g/mol. The molecule has 0 aliphatic heterocycles. The van der Waals surface area contributed by atoms with Gasteiger partial charge in [-0.2, -0.15) is 0 Å². The van der Waals surface area contributed by atoms with Crippen LogP contribution in [0.15, 0.2) is 12.5 Å². The zero-order valence-electron chi connectivity index (χ0n) is 8.03. The first-order chi connectivity index (χ1) is 6.13. The summed E-state index contributed by atoms with van der Waals surface area (Å²) in [6.07, 6.45) is 5.05. The van der Waals surface area contributed by atoms with Crippen molar-refractivity contribution in [2.45, 2.75) is 19.8 Å². The summed E-state index contributed by atoms with van der Waals surface area (Å²) in [6, 6.07) is 0. The van der Waals surface area contributed by atoms with Gasteiger partial charge in [-0.1, -0.05) is 6.92 Å². The fourth-order valence-corrected chi connectivity index (χ4v) is 1.27. The fourth-order valence-electron chi connectivity index (χ4n) is 1.27. The van der Waals surface area contributed by atoms with Crippen molar-refractivity contribution < 1.29 is 4.79 Å². The van der Waals surface area contributed by atoms with Crippen LogP contribution in [-0.2, 0) is 18.3 Å². The molecule has 0 saturated heterocycles. The standard InChI is InChI=1S/C9H15N3O/c1-3-7(9(10)13)4-8-5-12(2)6-11-8/h5-7H,3-4H2,1-2H3,(H2,10,13). The van der Waals surface area contributed by atoms with Gasteiger partial charge in [-0.25, -0.2) is 4.98 Å². The number of primary amides is 1. The predicted octanol–water partition coefficient (Wildman–Crippen LogP) is 0.474. The molecule has 1 aromatic rings. The van der Waals surface area contributed by atoms with Crippen molar-refractivity contribution in [3.05, 3.63) is 18.2 Å². The van der Waals surface area contributed by atoms with E-state index >= 15 is 0 Å². The number of hydrogen-bond acceptors (Lipinski definition) is 2. The van der Waals surface area contributed by atoms with Crippen molar-refractivity contribution in [3.63, 3.8) is 0 Å². The molecule has 4 nitrogen and oxygen atoms in total. The van der Waals surface area contributed by atoms with Gasteiger partial charge in [0.05, 0.1) is 12.0 Å². The molecule has 0 radical (unpaired) electrons. The Labute approximate surface area is 77.8 Å². The van der Waals surface area contributed by atoms with Gasteiger partial charge in [0.2, 0.25) is 5.91 Å². The Morgan fingerprint density at radius 1 is 1.77 bits per heavy atom. The average Bonchev–Trinajstić information content (AvgIpc) is 2.46. The molecule has 0 aliphatic rings. The maximum Gasteiger partial charge on any atom is 0.220 e. The number of hydrogen-bond donors (Lipinski definition) is 1. The van der Waals surface area contributed by atoms with Gasteiger partial charge >= 0.3 is 0 Å². The van der Waals surface area contributed by atoms with E-state index in [0.717, 1.165) is 12.1 Å². The van der Waals surface area contributed by atoms with E-state index in [1.165, 1.54) is 0 Å². The van der Waals surface area contributed by atoms with Gasteiger partial charge in [0.15, 0.2) is 0 Å². The quantitative estimate of drug-likeness (QED) is 0.734. The summed E-state index contributed by atoms with van der Waals surface area (Å²) >= 11 is 0. The Bertz CT molecular complexity index is 293. The van der Waals surface area contributed by atoms with E-state index in [1.54, 1.807) is 6.33 Å². The molecule has 0 aliphatic carbocycles. The molecule has 0 fully saturated rings. The minimum absolute atomic E-state index is 0.0881. The zero-order chi connectivity index (χ0) is 9.84. The maximum atomic E-state index is 10.9. The van der Waals surface area contributed by atoms with Crippen LogP contribution in [0.1, 0.15) is 19.0 Å². The van der Waals surface area contributed by atoms with Crippen molar-refractivity contribution in [2.75, 3.05) is 0 Å². The van der Waals surface area contributed by atoms with Gasteiger partial charge < -0.3 is 10.3 Å². The first-order valence-corrected chi connectivity index (χ1v) is 4.39. The molecular formula is C9H15N3O. The third kappa shape index (κ3) is 2.57. The number of aryl methyl sites for hydroxylation is 1. The first-order valence-electron chi connectivity index (χ1n) is 4.39. The van der Waals surface area contributed by atoms with Crippen molar-refractivity contribution >= 4 is 5.91 Å². The van der Waals surface area contributed by atoms with E-state index in [9.17, 15) is 4.79 Å². The highest BCUT2D eigenvalue weighted by Gasteiger charge is 2.14. The third-order valence-electron chi connectivity index (χ3n) is 2.11. The molecule has 1 amide bonds. The van der Waals surface area contributed by atoms with Crippen molar-refractivity contribution in [3.8, 4) is 0 Å². The van der Waals surface area contributed by atoms with E-state index in [-0.39, 0.29) is 11.8 Å². The molecule has 1 unspecified atom stereocenters. The predicted molar refractivity (Wildman–Crippen MR) is 49.9 cm³/mol. The van der Waals surface area contributed by atoms with Crippen LogP contribution in [0.5, 0.6) is 0 Å². The molecule has 2 N–H and O–H groups in total. The highest BCUT2D eigenvalue weighted by atomic mass is 16.1. The highest BCUT2D eigenvalue weighted by Crippen LogP contribution is 2.09. The number of nitrogens with zero attached hydrogens (tertiary/aromatic N) is 2. The smallest absolute Gasteiger partial charge is 0.220 e. The van der Waals surface area contributed by atoms with Gasteiger partial charge in [-0.15, -0.1) is 0 Å². The van der Waals surface area contributed by atoms with Crippen LogP contribution in [0.25, 0.3) is 0 Å². The summed E-state index contributed by atoms with van der Waals surface area (Å²) in [7, 11) is 1.90. The SMILES string of the molecule is CCC(Cc1cn(C)cn1)C(N)=O. The largest absolute Gasteiger partial charge is 0.369 e. The Hall–Kier alpha value is -1.32. The molecule has 0 spiro atoms. The molecular weight excluding hydrogens is 166 g/mol. The van der Waals surface area contributed by atoms with Gasteiger partial charge in [0.25, 0.3) is 0 Å². The van der Waals surface area contributed by atoms with E-state index in [4.69, 9.17) is 5.73 Å². The lowest BCUT2D eigenvalue weighted by Gasteiger charge is -2.07. The average molecular weight is 181 g/mol. The van der Waals surface area contributed by atoms with Crippen molar-refractivity contribution in [1.29, 1.82) is 0 Å². The molecule has 1 atom stereocenters. The van der Waals surface area contributed by atoms with Crippen molar-refractivity contribution in [2.24, 2.45) is 18.7 Å². The zero-order valence-corrected chi connectivity index (χ0v) is 8.03. The van der Waals surface area contributed by atoms with Gasteiger partial charge in [-0.05, 0) is 6.42 Å². The summed E-state index contributed by atoms with van der Waals surface area (Å²) in [5.41, 5.74) is 6.15. The summed E-state index contributed by atoms with van der Waals surface area (Å²) in [5.74, 6) is -0.331. The lowest BCUT2D eigenvalue weighted by Crippen LogP contribution is -2.24. The van der Waals surface area contributed by atoms with Crippen LogP contribution in [0.2, 0.25) is 0 Å². The van der Waals surface area contributed by atoms with Crippen LogP contribution < -0.4 is 5.73 Å². The van der Waals surface area contributed by atoms with Crippen LogP contribution in [0, 0.1) is 5.92 Å². The molecule has 1 rings (SSSR count). The second-order valence-electron chi connectivity index (χ2n) is 3.24. The van der Waals surface area contributed by atoms with Crippen LogP contribution in [0.3, 0.4) is 0 Å². The Morgan fingerprint density at radius 3 is 2.85 bits per heavy atom. The number of nitrogens with two attached hydrogens (primary N) is 1.